The summed E-state index contributed by atoms with van der Waals surface area (Å²) >= 11 is 7.21. The van der Waals surface area contributed by atoms with E-state index in [-0.39, 0.29) is 11.6 Å². The van der Waals surface area contributed by atoms with Crippen LogP contribution in [0.4, 0.5) is 11.5 Å². The van der Waals surface area contributed by atoms with E-state index in [9.17, 15) is 14.4 Å². The fourth-order valence-electron chi connectivity index (χ4n) is 3.74. The molecule has 1 unspecified atom stereocenters. The number of carbonyl (C=O) groups excluding carboxylic acids is 3. The number of hydrogen-bond acceptors (Lipinski definition) is 6. The quantitative estimate of drug-likeness (QED) is 0.131. The Hall–Kier alpha value is -4.60. The minimum Gasteiger partial charge on any atom is -0.493 e. The molecule has 0 saturated carbocycles. The number of rotatable bonds is 11. The third-order valence-corrected chi connectivity index (χ3v) is 7.16. The maximum Gasteiger partial charge on any atom is 0.272 e. The van der Waals surface area contributed by atoms with Crippen molar-refractivity contribution in [1.29, 1.82) is 0 Å². The van der Waals surface area contributed by atoms with Gasteiger partial charge in [0.2, 0.25) is 5.91 Å². The SMILES string of the molecule is CCOc1ccccc1/C=C(\NC(=O)c1ccccc1)C(=O)Nc1ccc(SC(C)C(=O)Nc2ccc(Cl)cn2)cc1. The molecular formula is C32H29ClN4O4S. The molecule has 8 nitrogen and oxygen atoms in total. The Morgan fingerprint density at radius 2 is 1.64 bits per heavy atom. The van der Waals surface area contributed by atoms with Gasteiger partial charge in [-0.25, -0.2) is 4.98 Å². The van der Waals surface area contributed by atoms with E-state index in [1.54, 1.807) is 85.8 Å². The van der Waals surface area contributed by atoms with E-state index >= 15 is 0 Å². The van der Waals surface area contributed by atoms with Crippen LogP contribution in [-0.4, -0.2) is 34.6 Å². The number of benzene rings is 3. The minimum absolute atomic E-state index is 0.0514. The normalized spacial score (nSPS) is 11.7. The number of nitrogens with one attached hydrogen (secondary N) is 3. The lowest BCUT2D eigenvalue weighted by Crippen LogP contribution is -2.30. The Kier molecular flexibility index (Phi) is 10.7. The zero-order chi connectivity index (χ0) is 29.9. The molecule has 42 heavy (non-hydrogen) atoms. The molecule has 0 aliphatic carbocycles. The van der Waals surface area contributed by atoms with E-state index in [0.717, 1.165) is 4.90 Å². The summed E-state index contributed by atoms with van der Waals surface area (Å²) in [5.74, 6) is -0.121. The summed E-state index contributed by atoms with van der Waals surface area (Å²) in [6.45, 7) is 4.11. The van der Waals surface area contributed by atoms with E-state index in [2.05, 4.69) is 20.9 Å². The van der Waals surface area contributed by atoms with Crippen molar-refractivity contribution in [3.05, 3.63) is 119 Å². The van der Waals surface area contributed by atoms with E-state index < -0.39 is 17.1 Å². The van der Waals surface area contributed by atoms with Gasteiger partial charge in [-0.3, -0.25) is 14.4 Å². The predicted octanol–water partition coefficient (Wildman–Crippen LogP) is 6.66. The molecule has 214 valence electrons. The monoisotopic (exact) mass is 600 g/mol. The summed E-state index contributed by atoms with van der Waals surface area (Å²) in [6, 6.07) is 26.3. The number of halogens is 1. The van der Waals surface area contributed by atoms with Crippen molar-refractivity contribution in [3.8, 4) is 5.75 Å². The highest BCUT2D eigenvalue weighted by Crippen LogP contribution is 2.26. The number of thioether (sulfide) groups is 1. The van der Waals surface area contributed by atoms with Crippen molar-refractivity contribution in [3.63, 3.8) is 0 Å². The van der Waals surface area contributed by atoms with Crippen LogP contribution in [0.2, 0.25) is 5.02 Å². The van der Waals surface area contributed by atoms with Crippen LogP contribution in [0, 0.1) is 0 Å². The average Bonchev–Trinajstić information content (AvgIpc) is 3.00. The van der Waals surface area contributed by atoms with Gasteiger partial charge in [-0.1, -0.05) is 48.0 Å². The zero-order valence-electron chi connectivity index (χ0n) is 23.0. The molecule has 0 saturated heterocycles. The smallest absolute Gasteiger partial charge is 0.272 e. The maximum atomic E-state index is 13.4. The van der Waals surface area contributed by atoms with Crippen LogP contribution in [0.3, 0.4) is 0 Å². The first-order valence-corrected chi connectivity index (χ1v) is 14.4. The summed E-state index contributed by atoms with van der Waals surface area (Å²) < 4.78 is 5.70. The first-order chi connectivity index (χ1) is 20.3. The fourth-order valence-corrected chi connectivity index (χ4v) is 4.71. The van der Waals surface area contributed by atoms with E-state index in [1.165, 1.54) is 18.0 Å². The Balaban J connectivity index is 1.46. The third-order valence-electron chi connectivity index (χ3n) is 5.82. The largest absolute Gasteiger partial charge is 0.493 e. The Morgan fingerprint density at radius 1 is 0.929 bits per heavy atom. The number of hydrogen-bond donors (Lipinski definition) is 3. The van der Waals surface area contributed by atoms with Crippen LogP contribution in [0.5, 0.6) is 5.75 Å². The van der Waals surface area contributed by atoms with Crippen LogP contribution in [0.1, 0.15) is 29.8 Å². The third kappa shape index (κ3) is 8.70. The molecule has 0 fully saturated rings. The molecule has 0 bridgehead atoms. The summed E-state index contributed by atoms with van der Waals surface area (Å²) in [6.07, 6.45) is 3.05. The van der Waals surface area contributed by atoms with Crippen molar-refractivity contribution in [1.82, 2.24) is 10.3 Å². The summed E-state index contributed by atoms with van der Waals surface area (Å²) in [5, 5.41) is 8.42. The van der Waals surface area contributed by atoms with Crippen molar-refractivity contribution >= 4 is 58.7 Å². The summed E-state index contributed by atoms with van der Waals surface area (Å²) in [5.41, 5.74) is 1.63. The number of pyridine rings is 1. The molecule has 0 aliphatic rings. The number of para-hydroxylation sites is 1. The standard InChI is InChI=1S/C32H29ClN4O4S/c1-3-41-28-12-8-7-11-23(28)19-27(36-31(39)22-9-5-4-6-10-22)32(40)35-25-14-16-26(17-15-25)42-21(2)30(38)37-29-18-13-24(33)20-34-29/h4-21H,3H2,1-2H3,(H,35,40)(H,36,39)(H,34,37,38)/b27-19-. The molecule has 0 radical (unpaired) electrons. The molecule has 3 amide bonds. The van der Waals surface area contributed by atoms with E-state index in [4.69, 9.17) is 16.3 Å². The molecule has 1 heterocycles. The molecule has 1 aromatic heterocycles. The average molecular weight is 601 g/mol. The van der Waals surface area contributed by atoms with Crippen LogP contribution < -0.4 is 20.7 Å². The van der Waals surface area contributed by atoms with Gasteiger partial charge in [0.25, 0.3) is 11.8 Å². The topological polar surface area (TPSA) is 109 Å². The molecular weight excluding hydrogens is 572 g/mol. The van der Waals surface area contributed by atoms with Gasteiger partial charge in [0, 0.05) is 27.9 Å². The lowest BCUT2D eigenvalue weighted by molar-refractivity contribution is -0.115. The summed E-state index contributed by atoms with van der Waals surface area (Å²) in [4.78, 5) is 43.8. The first-order valence-electron chi connectivity index (χ1n) is 13.1. The van der Waals surface area contributed by atoms with Gasteiger partial charge in [-0.05, 0) is 74.5 Å². The van der Waals surface area contributed by atoms with Crippen LogP contribution in [-0.2, 0) is 9.59 Å². The van der Waals surface area contributed by atoms with Gasteiger partial charge >= 0.3 is 0 Å². The number of aromatic nitrogens is 1. The van der Waals surface area contributed by atoms with Gasteiger partial charge < -0.3 is 20.7 Å². The van der Waals surface area contributed by atoms with E-state index in [0.29, 0.717) is 40.0 Å². The van der Waals surface area contributed by atoms with Crippen molar-refractivity contribution in [2.75, 3.05) is 17.2 Å². The minimum atomic E-state index is -0.505. The zero-order valence-corrected chi connectivity index (χ0v) is 24.5. The molecule has 1 atom stereocenters. The Bertz CT molecular complexity index is 1560. The number of ether oxygens (including phenoxy) is 1. The van der Waals surface area contributed by atoms with Gasteiger partial charge in [0.1, 0.15) is 17.3 Å². The van der Waals surface area contributed by atoms with Gasteiger partial charge in [-0.15, -0.1) is 11.8 Å². The fraction of sp³-hybridized carbons (Fsp3) is 0.125. The Labute approximate surface area is 253 Å². The molecule has 3 N–H and O–H groups in total. The van der Waals surface area contributed by atoms with Gasteiger partial charge in [-0.2, -0.15) is 0 Å². The molecule has 0 aliphatic heterocycles. The maximum absolute atomic E-state index is 13.4. The number of carbonyl (C=O) groups is 3. The predicted molar refractivity (Wildman–Crippen MR) is 168 cm³/mol. The van der Waals surface area contributed by atoms with E-state index in [1.807, 2.05) is 25.1 Å². The molecule has 3 aromatic carbocycles. The van der Waals surface area contributed by atoms with Crippen molar-refractivity contribution < 1.29 is 19.1 Å². The number of nitrogens with zero attached hydrogens (tertiary/aromatic N) is 1. The van der Waals surface area contributed by atoms with Gasteiger partial charge in [0.05, 0.1) is 16.9 Å². The second kappa shape index (κ2) is 14.9. The lowest BCUT2D eigenvalue weighted by Gasteiger charge is -2.14. The van der Waals surface area contributed by atoms with Crippen LogP contribution >= 0.6 is 23.4 Å². The Morgan fingerprint density at radius 3 is 2.33 bits per heavy atom. The van der Waals surface area contributed by atoms with Crippen LogP contribution in [0.15, 0.2) is 108 Å². The second-order valence-corrected chi connectivity index (χ2v) is 10.8. The number of anilines is 2. The molecule has 4 aromatic rings. The highest BCUT2D eigenvalue weighted by Gasteiger charge is 2.18. The first kappa shape index (κ1) is 30.4. The number of amides is 3. The highest BCUT2D eigenvalue weighted by atomic mass is 35.5. The highest BCUT2D eigenvalue weighted by molar-refractivity contribution is 8.00. The molecule has 0 spiro atoms. The van der Waals surface area contributed by atoms with Crippen molar-refractivity contribution in [2.24, 2.45) is 0 Å². The lowest BCUT2D eigenvalue weighted by atomic mass is 10.1. The van der Waals surface area contributed by atoms with Crippen LogP contribution in [0.25, 0.3) is 6.08 Å². The molecule has 4 rings (SSSR count). The second-order valence-electron chi connectivity index (χ2n) is 8.94. The van der Waals surface area contributed by atoms with Gasteiger partial charge in [0.15, 0.2) is 0 Å². The summed E-state index contributed by atoms with van der Waals surface area (Å²) in [7, 11) is 0. The van der Waals surface area contributed by atoms with Crippen molar-refractivity contribution in [2.45, 2.75) is 24.0 Å². The molecule has 10 heteroatoms.